The number of piperidine rings is 3. The molecule has 3 aliphatic rings. The van der Waals surface area contributed by atoms with Gasteiger partial charge in [-0.2, -0.15) is 5.26 Å². The Morgan fingerprint density at radius 1 is 1.30 bits per heavy atom. The van der Waals surface area contributed by atoms with Crippen LogP contribution in [0, 0.1) is 37.0 Å². The Balaban J connectivity index is 1.57. The lowest BCUT2D eigenvalue weighted by Crippen LogP contribution is -2.65. The highest BCUT2D eigenvalue weighted by Gasteiger charge is 2.47. The number of nitrogens with one attached hydrogen (secondary N) is 1. The fraction of sp³-hybridized carbons (Fsp3) is 0.708. The lowest BCUT2D eigenvalue weighted by Gasteiger charge is -2.57. The average molecular weight is 410 g/mol. The van der Waals surface area contributed by atoms with E-state index < -0.39 is 0 Å². The van der Waals surface area contributed by atoms with Gasteiger partial charge in [0.1, 0.15) is 11.9 Å². The maximum Gasteiger partial charge on any atom is 0.220 e. The minimum absolute atomic E-state index is 0.181. The van der Waals surface area contributed by atoms with Crippen molar-refractivity contribution in [2.45, 2.75) is 71.4 Å². The number of amides is 1. The van der Waals surface area contributed by atoms with Gasteiger partial charge in [-0.1, -0.05) is 13.3 Å². The van der Waals surface area contributed by atoms with E-state index in [-0.39, 0.29) is 5.91 Å². The maximum atomic E-state index is 12.2. The number of hydrogen-bond donors (Lipinski definition) is 1. The van der Waals surface area contributed by atoms with E-state index in [2.05, 4.69) is 34.2 Å². The number of aromatic nitrogens is 1. The van der Waals surface area contributed by atoms with E-state index in [1.807, 2.05) is 13.8 Å². The minimum atomic E-state index is 0.181. The number of carbonyl (C=O) groups excluding carboxylic acids is 1. The fourth-order valence-electron chi connectivity index (χ4n) is 6.05. The number of hydrogen-bond acceptors (Lipinski definition) is 5. The molecule has 0 spiro atoms. The largest absolute Gasteiger partial charge is 0.356 e. The van der Waals surface area contributed by atoms with Gasteiger partial charge in [-0.15, -0.1) is 0 Å². The monoisotopic (exact) mass is 409 g/mol. The highest BCUT2D eigenvalue weighted by molar-refractivity contribution is 5.75. The predicted molar refractivity (Wildman–Crippen MR) is 118 cm³/mol. The molecule has 6 nitrogen and oxygen atoms in total. The molecule has 0 radical (unpaired) electrons. The highest BCUT2D eigenvalue weighted by Crippen LogP contribution is 2.42. The summed E-state index contributed by atoms with van der Waals surface area (Å²) in [5.74, 6) is 2.39. The first-order valence-electron chi connectivity index (χ1n) is 11.7. The number of rotatable bonds is 5. The topological polar surface area (TPSA) is 72.3 Å². The summed E-state index contributed by atoms with van der Waals surface area (Å²) >= 11 is 0. The van der Waals surface area contributed by atoms with Crippen molar-refractivity contribution in [2.75, 3.05) is 31.1 Å². The van der Waals surface area contributed by atoms with Crippen LogP contribution in [0.5, 0.6) is 0 Å². The molecule has 1 N–H and O–H groups in total. The Hall–Kier alpha value is -2.13. The minimum Gasteiger partial charge on any atom is -0.356 e. The molecular formula is C24H35N5O. The maximum absolute atomic E-state index is 12.2. The van der Waals surface area contributed by atoms with Gasteiger partial charge >= 0.3 is 0 Å². The van der Waals surface area contributed by atoms with Crippen molar-refractivity contribution in [3.8, 4) is 6.07 Å². The van der Waals surface area contributed by atoms with Gasteiger partial charge < -0.3 is 10.2 Å². The number of nitrogens with zero attached hydrogens (tertiary/aromatic N) is 4. The summed E-state index contributed by atoms with van der Waals surface area (Å²) in [6.45, 7) is 9.96. The molecule has 6 heteroatoms. The molecule has 4 heterocycles. The summed E-state index contributed by atoms with van der Waals surface area (Å²) in [6, 6.07) is 5.40. The second kappa shape index (κ2) is 8.93. The van der Waals surface area contributed by atoms with Crippen LogP contribution >= 0.6 is 0 Å². The Morgan fingerprint density at radius 2 is 2.10 bits per heavy atom. The summed E-state index contributed by atoms with van der Waals surface area (Å²) in [5, 5.41) is 12.6. The molecular weight excluding hydrogens is 374 g/mol. The van der Waals surface area contributed by atoms with Gasteiger partial charge in [0.25, 0.3) is 0 Å². The van der Waals surface area contributed by atoms with E-state index >= 15 is 0 Å². The third kappa shape index (κ3) is 4.05. The molecule has 3 fully saturated rings. The van der Waals surface area contributed by atoms with Crippen LogP contribution < -0.4 is 10.2 Å². The van der Waals surface area contributed by atoms with Gasteiger partial charge in [-0.05, 0) is 69.5 Å². The Bertz CT molecular complexity index is 808. The summed E-state index contributed by atoms with van der Waals surface area (Å²) in [7, 11) is 0. The molecule has 4 atom stereocenters. The molecule has 4 rings (SSSR count). The van der Waals surface area contributed by atoms with Crippen LogP contribution in [0.2, 0.25) is 0 Å². The van der Waals surface area contributed by atoms with Crippen LogP contribution in [-0.2, 0) is 4.79 Å². The zero-order valence-electron chi connectivity index (χ0n) is 18.7. The lowest BCUT2D eigenvalue weighted by molar-refractivity contribution is -0.122. The van der Waals surface area contributed by atoms with Gasteiger partial charge in [0.15, 0.2) is 0 Å². The number of carbonyl (C=O) groups is 1. The van der Waals surface area contributed by atoms with Crippen molar-refractivity contribution >= 4 is 11.7 Å². The normalized spacial score (nSPS) is 28.5. The standard InChI is InChI=1S/C24H35N5O/c1-4-7-24(30)26-13-22-19-11-18(21-8-5-6-9-29(21)22)14-28(15-19)23-10-16(2)20(12-25)17(3)27-23/h10,18-19,21-22H,4-9,11,13-15H2,1-3H3,(H,26,30)/t18-,19+,21+,22+/m1/s1. The molecule has 162 valence electrons. The Kier molecular flexibility index (Phi) is 6.29. The SMILES string of the molecule is CCCC(=O)NC[C@H]1[C@H]2C[C@H](CN(c3cc(C)c(C#N)c(C)n3)C2)[C@@H]2CCCCN21. The van der Waals surface area contributed by atoms with Gasteiger partial charge in [-0.25, -0.2) is 4.98 Å². The molecule has 0 unspecified atom stereocenters. The summed E-state index contributed by atoms with van der Waals surface area (Å²) < 4.78 is 0. The van der Waals surface area contributed by atoms with E-state index in [4.69, 9.17) is 4.98 Å². The molecule has 1 aromatic rings. The van der Waals surface area contributed by atoms with Gasteiger partial charge in [0.05, 0.1) is 11.3 Å². The van der Waals surface area contributed by atoms with Crippen LogP contribution in [0.3, 0.4) is 0 Å². The van der Waals surface area contributed by atoms with Crippen LogP contribution in [0.4, 0.5) is 5.82 Å². The highest BCUT2D eigenvalue weighted by atomic mass is 16.1. The molecule has 0 saturated carbocycles. The predicted octanol–water partition coefficient (Wildman–Crippen LogP) is 3.17. The second-order valence-corrected chi connectivity index (χ2v) is 9.45. The first-order valence-corrected chi connectivity index (χ1v) is 11.7. The first-order chi connectivity index (χ1) is 14.5. The number of anilines is 1. The lowest BCUT2D eigenvalue weighted by atomic mass is 9.72. The third-order valence-electron chi connectivity index (χ3n) is 7.43. The summed E-state index contributed by atoms with van der Waals surface area (Å²) in [4.78, 5) is 22.1. The van der Waals surface area contributed by atoms with Crippen molar-refractivity contribution < 1.29 is 4.79 Å². The molecule has 1 amide bonds. The second-order valence-electron chi connectivity index (χ2n) is 9.45. The van der Waals surface area contributed by atoms with Crippen LogP contribution in [0.15, 0.2) is 6.07 Å². The van der Waals surface area contributed by atoms with E-state index in [1.165, 1.54) is 32.2 Å². The molecule has 3 saturated heterocycles. The third-order valence-corrected chi connectivity index (χ3v) is 7.43. The molecule has 0 aromatic carbocycles. The molecule has 2 bridgehead atoms. The zero-order valence-corrected chi connectivity index (χ0v) is 18.7. The first kappa shape index (κ1) is 21.1. The van der Waals surface area contributed by atoms with Crippen molar-refractivity contribution in [1.29, 1.82) is 5.26 Å². The number of fused-ring (bicyclic) bond motifs is 4. The molecule has 3 aliphatic heterocycles. The smallest absolute Gasteiger partial charge is 0.220 e. The van der Waals surface area contributed by atoms with Gasteiger partial charge in [0, 0.05) is 38.1 Å². The van der Waals surface area contributed by atoms with Crippen molar-refractivity contribution in [3.05, 3.63) is 22.9 Å². The van der Waals surface area contributed by atoms with Crippen molar-refractivity contribution in [3.63, 3.8) is 0 Å². The fourth-order valence-corrected chi connectivity index (χ4v) is 6.05. The van der Waals surface area contributed by atoms with E-state index in [0.717, 1.165) is 43.1 Å². The zero-order chi connectivity index (χ0) is 21.3. The molecule has 0 aliphatic carbocycles. The van der Waals surface area contributed by atoms with Gasteiger partial charge in [0.2, 0.25) is 5.91 Å². The quantitative estimate of drug-likeness (QED) is 0.809. The average Bonchev–Trinajstić information content (AvgIpc) is 2.73. The number of aryl methyl sites for hydroxylation is 2. The number of nitriles is 1. The van der Waals surface area contributed by atoms with Gasteiger partial charge in [-0.3, -0.25) is 9.69 Å². The van der Waals surface area contributed by atoms with Crippen molar-refractivity contribution in [1.82, 2.24) is 15.2 Å². The Labute approximate surface area is 180 Å². The van der Waals surface area contributed by atoms with Crippen LogP contribution in [0.1, 0.15) is 62.3 Å². The Morgan fingerprint density at radius 3 is 2.83 bits per heavy atom. The molecule has 30 heavy (non-hydrogen) atoms. The van der Waals surface area contributed by atoms with Crippen LogP contribution in [0.25, 0.3) is 0 Å². The van der Waals surface area contributed by atoms with Crippen LogP contribution in [-0.4, -0.2) is 54.1 Å². The number of pyridine rings is 1. The summed E-state index contributed by atoms with van der Waals surface area (Å²) in [5.41, 5.74) is 2.54. The molecule has 1 aromatic heterocycles. The van der Waals surface area contributed by atoms with Crippen molar-refractivity contribution in [2.24, 2.45) is 11.8 Å². The van der Waals surface area contributed by atoms with E-state index in [0.29, 0.717) is 35.9 Å². The van der Waals surface area contributed by atoms with E-state index in [1.54, 1.807) is 0 Å². The summed E-state index contributed by atoms with van der Waals surface area (Å²) in [6.07, 6.45) is 6.61. The van der Waals surface area contributed by atoms with E-state index in [9.17, 15) is 10.1 Å².